The van der Waals surface area contributed by atoms with E-state index in [1.165, 1.54) is 32.4 Å². The van der Waals surface area contributed by atoms with Crippen LogP contribution in [0.4, 0.5) is 10.1 Å². The lowest BCUT2D eigenvalue weighted by molar-refractivity contribution is -0.127. The van der Waals surface area contributed by atoms with Gasteiger partial charge in [-0.2, -0.15) is 5.26 Å². The van der Waals surface area contributed by atoms with E-state index in [9.17, 15) is 18.5 Å². The maximum atomic E-state index is 13.0. The van der Waals surface area contributed by atoms with Gasteiger partial charge in [0.25, 0.3) is 0 Å². The summed E-state index contributed by atoms with van der Waals surface area (Å²) in [6, 6.07) is 15.3. The van der Waals surface area contributed by atoms with E-state index in [0.717, 1.165) is 72.8 Å². The monoisotopic (exact) mass is 580 g/mol. The minimum absolute atomic E-state index is 0.0203. The molecule has 0 radical (unpaired) electrons. The van der Waals surface area contributed by atoms with Crippen LogP contribution < -0.4 is 10.2 Å². The van der Waals surface area contributed by atoms with Crippen LogP contribution in [0.1, 0.15) is 46.0 Å². The van der Waals surface area contributed by atoms with Crippen LogP contribution in [0.5, 0.6) is 0 Å². The van der Waals surface area contributed by atoms with Gasteiger partial charge in [-0.1, -0.05) is 31.4 Å². The van der Waals surface area contributed by atoms with Crippen molar-refractivity contribution in [3.8, 4) is 28.8 Å². The lowest BCUT2D eigenvalue weighted by Crippen LogP contribution is -2.50. The third kappa shape index (κ3) is 8.47. The lowest BCUT2D eigenvalue weighted by Gasteiger charge is -2.28. The molecule has 1 atom stereocenters. The van der Waals surface area contributed by atoms with Crippen LogP contribution in [0, 0.1) is 23.1 Å². The molecule has 2 fully saturated rings. The molecule has 41 heavy (non-hydrogen) atoms. The Hall–Kier alpha value is -3.55. The molecule has 1 unspecified atom stereocenters. The summed E-state index contributed by atoms with van der Waals surface area (Å²) in [7, 11) is -0.673. The van der Waals surface area contributed by atoms with Gasteiger partial charge in [-0.25, -0.2) is 9.37 Å². The number of nitrogens with one attached hydrogen (secondary N) is 1. The molecule has 1 saturated heterocycles. The highest BCUT2D eigenvalue weighted by molar-refractivity contribution is 7.85. The molecule has 1 aliphatic heterocycles. The Kier molecular flexibility index (Phi) is 10.3. The number of aromatic nitrogens is 1. The zero-order chi connectivity index (χ0) is 29.4. The third-order valence-electron chi connectivity index (χ3n) is 7.40. The quantitative estimate of drug-likeness (QED) is 0.418. The summed E-state index contributed by atoms with van der Waals surface area (Å²) in [6.45, 7) is 4.71. The molecule has 8 nitrogen and oxygen atoms in total. The molecule has 1 aliphatic carbocycles. The topological polar surface area (TPSA) is 119 Å². The molecule has 1 saturated carbocycles. The van der Waals surface area contributed by atoms with Crippen molar-refractivity contribution >= 4 is 22.4 Å². The number of anilines is 1. The molecule has 5 rings (SSSR count). The van der Waals surface area contributed by atoms with E-state index in [1.54, 1.807) is 18.4 Å². The van der Waals surface area contributed by atoms with Gasteiger partial charge in [-0.3, -0.25) is 9.00 Å². The summed E-state index contributed by atoms with van der Waals surface area (Å²) in [5, 5.41) is 21.2. The van der Waals surface area contributed by atoms with Gasteiger partial charge in [0.05, 0.1) is 11.7 Å². The number of halogens is 1. The van der Waals surface area contributed by atoms with Gasteiger partial charge in [0.1, 0.15) is 23.8 Å². The summed E-state index contributed by atoms with van der Waals surface area (Å²) in [4.78, 5) is 18.6. The number of benzene rings is 2. The number of hydrogen-bond acceptors (Lipinski definition) is 7. The van der Waals surface area contributed by atoms with Crippen molar-refractivity contribution in [2.45, 2.75) is 57.6 Å². The summed E-state index contributed by atoms with van der Waals surface area (Å²) in [5.74, 6) is 1.57. The van der Waals surface area contributed by atoms with Crippen molar-refractivity contribution in [1.82, 2.24) is 10.3 Å². The van der Waals surface area contributed by atoms with Crippen molar-refractivity contribution in [2.75, 3.05) is 29.5 Å². The van der Waals surface area contributed by atoms with E-state index in [0.29, 0.717) is 5.89 Å². The fourth-order valence-electron chi connectivity index (χ4n) is 4.86. The third-order valence-corrected chi connectivity index (χ3v) is 8.68. The van der Waals surface area contributed by atoms with Crippen molar-refractivity contribution in [1.29, 1.82) is 5.26 Å². The summed E-state index contributed by atoms with van der Waals surface area (Å²) in [5.41, 5.74) is 2.37. The highest BCUT2D eigenvalue weighted by Crippen LogP contribution is 2.27. The highest BCUT2D eigenvalue weighted by atomic mass is 32.2. The number of carbonyl (C=O) groups is 1. The van der Waals surface area contributed by atoms with Crippen LogP contribution in [0.2, 0.25) is 0 Å². The predicted molar refractivity (Wildman–Crippen MR) is 158 cm³/mol. The van der Waals surface area contributed by atoms with Gasteiger partial charge >= 0.3 is 0 Å². The molecular formula is C31H37FN4O4S. The van der Waals surface area contributed by atoms with Gasteiger partial charge in [-0.15, -0.1) is 0 Å². The van der Waals surface area contributed by atoms with Crippen LogP contribution in [-0.2, 0) is 15.6 Å². The Morgan fingerprint density at radius 1 is 1.10 bits per heavy atom. The largest absolute Gasteiger partial charge is 0.444 e. The van der Waals surface area contributed by atoms with E-state index in [2.05, 4.69) is 27.3 Å². The molecule has 1 amide bonds. The van der Waals surface area contributed by atoms with Crippen LogP contribution >= 0.6 is 0 Å². The number of rotatable bonds is 6. The van der Waals surface area contributed by atoms with E-state index >= 15 is 0 Å². The zero-order valence-corrected chi connectivity index (χ0v) is 24.3. The Labute approximate surface area is 243 Å². The number of amides is 1. The number of aliphatic hydroxyl groups is 1. The fraction of sp³-hybridized carbons (Fsp3) is 0.452. The van der Waals surface area contributed by atoms with Crippen molar-refractivity contribution < 1.29 is 22.9 Å². The van der Waals surface area contributed by atoms with Crippen LogP contribution in [0.3, 0.4) is 0 Å². The summed E-state index contributed by atoms with van der Waals surface area (Å²) >= 11 is 0. The molecule has 3 aromatic rings. The molecule has 1 aromatic heterocycles. The average molecular weight is 581 g/mol. The number of nitriles is 1. The molecule has 2 heterocycles. The molecule has 2 N–H and O–H groups in total. The second-order valence-electron chi connectivity index (χ2n) is 11.0. The van der Waals surface area contributed by atoms with Crippen molar-refractivity contribution in [3.05, 3.63) is 60.6 Å². The molecule has 2 aromatic carbocycles. The van der Waals surface area contributed by atoms with Crippen molar-refractivity contribution in [3.63, 3.8) is 0 Å². The molecule has 218 valence electrons. The highest BCUT2D eigenvalue weighted by Gasteiger charge is 2.31. The standard InChI is InChI=1S/C19H17FN2O2S.C12H20N2O2/c20-16-5-1-15(2-6-16)19-21-18(13-24-19)14-3-7-17(8-4-14)22-9-11-25(23)12-10-22;1-12(2,16)10(8-13)14-11(15)9-6-4-3-5-7-9/h1-8,13H,9-12H2;9-10,16H,3-7H2,1-2H3,(H,14,15). The number of nitrogens with zero attached hydrogens (tertiary/aromatic N) is 3. The Balaban J connectivity index is 0.000000210. The van der Waals surface area contributed by atoms with E-state index in [-0.39, 0.29) is 17.6 Å². The number of oxazole rings is 1. The molecular weight excluding hydrogens is 543 g/mol. The minimum atomic E-state index is -1.20. The maximum Gasteiger partial charge on any atom is 0.226 e. The smallest absolute Gasteiger partial charge is 0.226 e. The van der Waals surface area contributed by atoms with Crippen LogP contribution in [0.25, 0.3) is 22.7 Å². The fourth-order valence-corrected chi connectivity index (χ4v) is 5.91. The molecule has 0 bridgehead atoms. The first-order valence-corrected chi connectivity index (χ1v) is 15.5. The Morgan fingerprint density at radius 2 is 1.71 bits per heavy atom. The normalized spacial score (nSPS) is 17.2. The Bertz CT molecular complexity index is 1350. The average Bonchev–Trinajstić information content (AvgIpc) is 3.47. The van der Waals surface area contributed by atoms with Gasteiger partial charge < -0.3 is 19.7 Å². The van der Waals surface area contributed by atoms with Crippen LogP contribution in [0.15, 0.2) is 59.2 Å². The maximum absolute atomic E-state index is 13.0. The SMILES string of the molecule is CC(C)(O)C(C#N)NC(=O)C1CCCCC1.O=S1CCN(c2ccc(-c3coc(-c4ccc(F)cc4)n3)cc2)CC1. The molecule has 0 spiro atoms. The summed E-state index contributed by atoms with van der Waals surface area (Å²) in [6.07, 6.45) is 6.76. The van der Waals surface area contributed by atoms with Gasteiger partial charge in [0.2, 0.25) is 11.8 Å². The van der Waals surface area contributed by atoms with Crippen LogP contribution in [-0.4, -0.2) is 56.4 Å². The van der Waals surface area contributed by atoms with Gasteiger partial charge in [0.15, 0.2) is 0 Å². The molecule has 10 heteroatoms. The van der Waals surface area contributed by atoms with E-state index in [1.807, 2.05) is 18.2 Å². The molecule has 2 aliphatic rings. The lowest BCUT2D eigenvalue weighted by atomic mass is 9.88. The van der Waals surface area contributed by atoms with Gasteiger partial charge in [0, 0.05) is 58.1 Å². The second kappa shape index (κ2) is 13.9. The van der Waals surface area contributed by atoms with Gasteiger partial charge in [-0.05, 0) is 63.1 Å². The van der Waals surface area contributed by atoms with E-state index < -0.39 is 22.4 Å². The number of carbonyl (C=O) groups excluding carboxylic acids is 1. The predicted octanol–water partition coefficient (Wildman–Crippen LogP) is 5.06. The zero-order valence-electron chi connectivity index (χ0n) is 23.5. The first-order valence-electron chi connectivity index (χ1n) is 14.0. The first-order chi connectivity index (χ1) is 19.6. The summed E-state index contributed by atoms with van der Waals surface area (Å²) < 4.78 is 30.0. The second-order valence-corrected chi connectivity index (χ2v) is 12.7. The van der Waals surface area contributed by atoms with E-state index in [4.69, 9.17) is 9.68 Å². The van der Waals surface area contributed by atoms with Crippen molar-refractivity contribution in [2.24, 2.45) is 5.92 Å². The number of hydrogen-bond donors (Lipinski definition) is 2. The Morgan fingerprint density at radius 3 is 2.29 bits per heavy atom. The minimum Gasteiger partial charge on any atom is -0.444 e. The first kappa shape index (κ1) is 30.4.